The first-order chi connectivity index (χ1) is 10.2. The van der Waals surface area contributed by atoms with Crippen LogP contribution in [-0.4, -0.2) is 23.4 Å². The first kappa shape index (κ1) is 14.0. The fraction of sp³-hybridized carbons (Fsp3) is 0.235. The molecular weight excluding hydrogens is 282 g/mol. The van der Waals surface area contributed by atoms with Crippen molar-refractivity contribution in [2.75, 3.05) is 17.2 Å². The third-order valence-electron chi connectivity index (χ3n) is 3.83. The molecule has 3 nitrogen and oxygen atoms in total. The number of carboxylic acids is 1. The molecule has 1 aliphatic rings. The van der Waals surface area contributed by atoms with E-state index < -0.39 is 5.97 Å². The largest absolute Gasteiger partial charge is 0.478 e. The second kappa shape index (κ2) is 5.82. The average molecular weight is 299 g/mol. The van der Waals surface area contributed by atoms with Crippen molar-refractivity contribution in [3.8, 4) is 0 Å². The zero-order valence-corrected chi connectivity index (χ0v) is 12.7. The molecule has 2 aromatic carbocycles. The molecule has 108 valence electrons. The summed E-state index contributed by atoms with van der Waals surface area (Å²) < 4.78 is 0. The highest BCUT2D eigenvalue weighted by molar-refractivity contribution is 7.99. The molecular formula is C17H17NO2S. The molecule has 1 N–H and O–H groups in total. The molecule has 0 aromatic heterocycles. The number of hydrogen-bond donors (Lipinski definition) is 1. The molecule has 1 heterocycles. The van der Waals surface area contributed by atoms with Crippen LogP contribution in [0.1, 0.15) is 21.5 Å². The van der Waals surface area contributed by atoms with Crippen molar-refractivity contribution in [3.63, 3.8) is 0 Å². The summed E-state index contributed by atoms with van der Waals surface area (Å²) in [5.74, 6) is 0.146. The number of rotatable bonds is 2. The van der Waals surface area contributed by atoms with Crippen LogP contribution >= 0.6 is 11.8 Å². The summed E-state index contributed by atoms with van der Waals surface area (Å²) in [6.07, 6.45) is 0. The van der Waals surface area contributed by atoms with Gasteiger partial charge in [-0.25, -0.2) is 4.79 Å². The molecule has 4 heteroatoms. The molecule has 0 bridgehead atoms. The summed E-state index contributed by atoms with van der Waals surface area (Å²) in [6.45, 7) is 3.64. The molecule has 0 radical (unpaired) electrons. The predicted molar refractivity (Wildman–Crippen MR) is 86.4 cm³/mol. The number of aromatic carboxylic acids is 1. The number of thioether (sulfide) groups is 1. The summed E-state index contributed by atoms with van der Waals surface area (Å²) in [6, 6.07) is 13.9. The van der Waals surface area contributed by atoms with E-state index in [9.17, 15) is 9.90 Å². The molecule has 3 rings (SSSR count). The van der Waals surface area contributed by atoms with Gasteiger partial charge in [-0.3, -0.25) is 0 Å². The molecule has 0 aliphatic carbocycles. The van der Waals surface area contributed by atoms with Crippen LogP contribution in [0.3, 0.4) is 0 Å². The van der Waals surface area contributed by atoms with Gasteiger partial charge in [-0.1, -0.05) is 24.3 Å². The van der Waals surface area contributed by atoms with E-state index >= 15 is 0 Å². The number of carbonyl (C=O) groups is 1. The summed E-state index contributed by atoms with van der Waals surface area (Å²) in [4.78, 5) is 14.9. The smallest absolute Gasteiger partial charge is 0.336 e. The van der Waals surface area contributed by atoms with Gasteiger partial charge in [-0.05, 0) is 36.2 Å². The first-order valence-corrected chi connectivity index (χ1v) is 7.94. The zero-order chi connectivity index (χ0) is 14.8. The van der Waals surface area contributed by atoms with Crippen molar-refractivity contribution in [1.82, 2.24) is 0 Å². The monoisotopic (exact) mass is 299 g/mol. The quantitative estimate of drug-likeness (QED) is 0.915. The molecule has 0 amide bonds. The van der Waals surface area contributed by atoms with Crippen LogP contribution in [0.5, 0.6) is 0 Å². The Kier molecular flexibility index (Phi) is 3.88. The molecule has 0 unspecified atom stereocenters. The maximum atomic E-state index is 11.3. The Hall–Kier alpha value is -1.94. The van der Waals surface area contributed by atoms with Gasteiger partial charge in [0.25, 0.3) is 0 Å². The minimum Gasteiger partial charge on any atom is -0.478 e. The minimum atomic E-state index is -0.862. The summed E-state index contributed by atoms with van der Waals surface area (Å²) >= 11 is 1.87. The zero-order valence-electron chi connectivity index (χ0n) is 11.9. The standard InChI is InChI=1S/C17H17NO2S/c1-12-14(17(19)20)6-4-7-15(12)18-9-10-21-16-8-3-2-5-13(16)11-18/h2-8H,9-11H2,1H3,(H,19,20). The normalized spacial score (nSPS) is 14.4. The van der Waals surface area contributed by atoms with E-state index in [1.54, 1.807) is 6.07 Å². The van der Waals surface area contributed by atoms with E-state index in [1.165, 1.54) is 10.5 Å². The molecule has 0 spiro atoms. The first-order valence-electron chi connectivity index (χ1n) is 6.95. The van der Waals surface area contributed by atoms with Gasteiger partial charge in [-0.15, -0.1) is 11.8 Å². The molecule has 21 heavy (non-hydrogen) atoms. The number of hydrogen-bond acceptors (Lipinski definition) is 3. The van der Waals surface area contributed by atoms with Gasteiger partial charge in [0.1, 0.15) is 0 Å². The topological polar surface area (TPSA) is 40.5 Å². The van der Waals surface area contributed by atoms with Crippen molar-refractivity contribution >= 4 is 23.4 Å². The van der Waals surface area contributed by atoms with Gasteiger partial charge in [0.2, 0.25) is 0 Å². The second-order valence-electron chi connectivity index (χ2n) is 5.13. The Morgan fingerprint density at radius 3 is 2.81 bits per heavy atom. The average Bonchev–Trinajstić information content (AvgIpc) is 2.69. The highest BCUT2D eigenvalue weighted by Crippen LogP contribution is 2.31. The molecule has 0 saturated carbocycles. The van der Waals surface area contributed by atoms with Crippen LogP contribution in [0.25, 0.3) is 0 Å². The van der Waals surface area contributed by atoms with E-state index in [2.05, 4.69) is 29.2 Å². The van der Waals surface area contributed by atoms with Crippen LogP contribution in [0.2, 0.25) is 0 Å². The van der Waals surface area contributed by atoms with Gasteiger partial charge in [-0.2, -0.15) is 0 Å². The van der Waals surface area contributed by atoms with Crippen molar-refractivity contribution in [1.29, 1.82) is 0 Å². The van der Waals surface area contributed by atoms with E-state index in [0.29, 0.717) is 5.56 Å². The van der Waals surface area contributed by atoms with E-state index in [1.807, 2.05) is 30.8 Å². The summed E-state index contributed by atoms with van der Waals surface area (Å²) in [7, 11) is 0. The van der Waals surface area contributed by atoms with Crippen LogP contribution in [0, 0.1) is 6.92 Å². The van der Waals surface area contributed by atoms with Crippen LogP contribution in [0.4, 0.5) is 5.69 Å². The molecule has 0 fully saturated rings. The third kappa shape index (κ3) is 2.76. The Morgan fingerprint density at radius 2 is 2.00 bits per heavy atom. The molecule has 2 aromatic rings. The Balaban J connectivity index is 1.98. The molecule has 1 aliphatic heterocycles. The van der Waals surface area contributed by atoms with Gasteiger partial charge in [0.05, 0.1) is 5.56 Å². The Labute approximate surface area is 128 Å². The van der Waals surface area contributed by atoms with Gasteiger partial charge in [0, 0.05) is 29.4 Å². The van der Waals surface area contributed by atoms with Crippen molar-refractivity contribution < 1.29 is 9.90 Å². The Bertz CT molecular complexity index is 684. The van der Waals surface area contributed by atoms with Gasteiger partial charge in [0.15, 0.2) is 0 Å². The van der Waals surface area contributed by atoms with Crippen LogP contribution in [0.15, 0.2) is 47.4 Å². The lowest BCUT2D eigenvalue weighted by atomic mass is 10.1. The Morgan fingerprint density at radius 1 is 1.19 bits per heavy atom. The predicted octanol–water partition coefficient (Wildman–Crippen LogP) is 3.81. The fourth-order valence-corrected chi connectivity index (χ4v) is 3.75. The fourth-order valence-electron chi connectivity index (χ4n) is 2.73. The SMILES string of the molecule is Cc1c(C(=O)O)cccc1N1CCSc2ccccc2C1. The maximum Gasteiger partial charge on any atom is 0.336 e. The van der Waals surface area contributed by atoms with E-state index in [0.717, 1.165) is 30.1 Å². The van der Waals surface area contributed by atoms with E-state index in [-0.39, 0.29) is 0 Å². The van der Waals surface area contributed by atoms with Crippen LogP contribution in [-0.2, 0) is 6.54 Å². The van der Waals surface area contributed by atoms with Crippen molar-refractivity contribution in [2.45, 2.75) is 18.4 Å². The molecule has 0 saturated heterocycles. The van der Waals surface area contributed by atoms with E-state index in [4.69, 9.17) is 0 Å². The van der Waals surface area contributed by atoms with Gasteiger partial charge >= 0.3 is 5.97 Å². The lowest BCUT2D eigenvalue weighted by Crippen LogP contribution is -2.25. The summed E-state index contributed by atoms with van der Waals surface area (Å²) in [5, 5.41) is 9.28. The lowest BCUT2D eigenvalue weighted by molar-refractivity contribution is 0.0696. The highest BCUT2D eigenvalue weighted by atomic mass is 32.2. The van der Waals surface area contributed by atoms with Crippen molar-refractivity contribution in [3.05, 3.63) is 59.2 Å². The number of carboxylic acid groups (broad SMARTS) is 1. The highest BCUT2D eigenvalue weighted by Gasteiger charge is 2.18. The number of benzene rings is 2. The summed E-state index contributed by atoms with van der Waals surface area (Å²) in [5.41, 5.74) is 3.55. The van der Waals surface area contributed by atoms with Crippen LogP contribution < -0.4 is 4.90 Å². The number of anilines is 1. The van der Waals surface area contributed by atoms with Crippen molar-refractivity contribution in [2.24, 2.45) is 0 Å². The molecule has 0 atom stereocenters. The number of nitrogens with zero attached hydrogens (tertiary/aromatic N) is 1. The lowest BCUT2D eigenvalue weighted by Gasteiger charge is -2.25. The second-order valence-corrected chi connectivity index (χ2v) is 6.27. The van der Waals surface area contributed by atoms with Gasteiger partial charge < -0.3 is 10.0 Å². The minimum absolute atomic E-state index is 0.387. The third-order valence-corrected chi connectivity index (χ3v) is 4.92. The number of fused-ring (bicyclic) bond motifs is 1. The maximum absolute atomic E-state index is 11.3.